The number of para-hydroxylation sites is 2. The fourth-order valence-electron chi connectivity index (χ4n) is 2.55. The fourth-order valence-corrected chi connectivity index (χ4v) is 3.39. The van der Waals surface area contributed by atoms with Crippen molar-refractivity contribution in [1.29, 1.82) is 0 Å². The van der Waals surface area contributed by atoms with Crippen LogP contribution in [0.15, 0.2) is 42.5 Å². The highest BCUT2D eigenvalue weighted by Gasteiger charge is 2.13. The van der Waals surface area contributed by atoms with Crippen molar-refractivity contribution < 1.29 is 4.74 Å². The van der Waals surface area contributed by atoms with Gasteiger partial charge in [-0.15, -0.1) is 11.3 Å². The lowest BCUT2D eigenvalue weighted by atomic mass is 10.0. The van der Waals surface area contributed by atoms with Crippen molar-refractivity contribution >= 4 is 22.2 Å². The van der Waals surface area contributed by atoms with Crippen LogP contribution < -0.4 is 10.1 Å². The first kappa shape index (κ1) is 15.6. The summed E-state index contributed by atoms with van der Waals surface area (Å²) in [6.07, 6.45) is 0. The van der Waals surface area contributed by atoms with Crippen LogP contribution in [0.5, 0.6) is 5.75 Å². The van der Waals surface area contributed by atoms with Crippen LogP contribution >= 0.6 is 11.3 Å². The van der Waals surface area contributed by atoms with Gasteiger partial charge in [0.1, 0.15) is 5.75 Å². The molecule has 1 N–H and O–H groups in total. The van der Waals surface area contributed by atoms with Gasteiger partial charge in [0.15, 0.2) is 5.13 Å². The van der Waals surface area contributed by atoms with E-state index in [1.807, 2.05) is 24.3 Å². The van der Waals surface area contributed by atoms with Gasteiger partial charge in [-0.2, -0.15) is 0 Å². The Morgan fingerprint density at radius 2 is 1.83 bits per heavy atom. The number of thiazole rings is 1. The molecule has 0 amide bonds. The molecular weight excluding hydrogens is 304 g/mol. The third kappa shape index (κ3) is 3.22. The monoisotopic (exact) mass is 324 g/mol. The van der Waals surface area contributed by atoms with Crippen molar-refractivity contribution in [2.24, 2.45) is 0 Å². The molecule has 0 atom stereocenters. The highest BCUT2D eigenvalue weighted by Crippen LogP contribution is 2.35. The normalized spacial score (nSPS) is 10.6. The summed E-state index contributed by atoms with van der Waals surface area (Å²) in [6.45, 7) is 6.35. The third-order valence-electron chi connectivity index (χ3n) is 3.79. The number of hydrogen-bond acceptors (Lipinski definition) is 4. The van der Waals surface area contributed by atoms with Crippen molar-refractivity contribution in [3.63, 3.8) is 0 Å². The van der Waals surface area contributed by atoms with Crippen LogP contribution in [0.1, 0.15) is 16.0 Å². The van der Waals surface area contributed by atoms with Crippen LogP contribution in [0.25, 0.3) is 11.3 Å². The van der Waals surface area contributed by atoms with Crippen molar-refractivity contribution in [3.05, 3.63) is 58.5 Å². The molecule has 3 aromatic rings. The molecule has 3 nitrogen and oxygen atoms in total. The van der Waals surface area contributed by atoms with Gasteiger partial charge in [0.25, 0.3) is 0 Å². The molecule has 0 saturated carbocycles. The van der Waals surface area contributed by atoms with E-state index in [-0.39, 0.29) is 0 Å². The first-order valence-electron chi connectivity index (χ1n) is 7.53. The quantitative estimate of drug-likeness (QED) is 0.689. The molecule has 0 bridgehead atoms. The summed E-state index contributed by atoms with van der Waals surface area (Å²) in [6, 6.07) is 14.4. The molecule has 0 fully saturated rings. The maximum Gasteiger partial charge on any atom is 0.188 e. The van der Waals surface area contributed by atoms with Gasteiger partial charge in [-0.1, -0.05) is 29.8 Å². The van der Waals surface area contributed by atoms with E-state index in [9.17, 15) is 0 Å². The van der Waals surface area contributed by atoms with Crippen molar-refractivity contribution in [2.75, 3.05) is 12.4 Å². The van der Waals surface area contributed by atoms with Gasteiger partial charge in [0, 0.05) is 10.4 Å². The largest absolute Gasteiger partial charge is 0.495 e. The highest BCUT2D eigenvalue weighted by atomic mass is 32.1. The maximum absolute atomic E-state index is 5.39. The number of nitrogens with one attached hydrogen (secondary N) is 1. The van der Waals surface area contributed by atoms with Crippen LogP contribution in [0.4, 0.5) is 10.8 Å². The smallest absolute Gasteiger partial charge is 0.188 e. The van der Waals surface area contributed by atoms with E-state index in [2.05, 4.69) is 44.3 Å². The molecule has 0 spiro atoms. The number of ether oxygens (including phenoxy) is 1. The summed E-state index contributed by atoms with van der Waals surface area (Å²) in [5.41, 5.74) is 5.67. The summed E-state index contributed by atoms with van der Waals surface area (Å²) >= 11 is 1.66. The summed E-state index contributed by atoms with van der Waals surface area (Å²) in [4.78, 5) is 6.01. The minimum absolute atomic E-state index is 0.814. The number of anilines is 2. The Morgan fingerprint density at radius 3 is 2.61 bits per heavy atom. The van der Waals surface area contributed by atoms with Gasteiger partial charge in [0.2, 0.25) is 0 Å². The Morgan fingerprint density at radius 1 is 1.04 bits per heavy atom. The van der Waals surface area contributed by atoms with Crippen LogP contribution in [-0.4, -0.2) is 12.1 Å². The highest BCUT2D eigenvalue weighted by molar-refractivity contribution is 7.16. The minimum Gasteiger partial charge on any atom is -0.495 e. The second kappa shape index (κ2) is 6.42. The number of rotatable bonds is 4. The van der Waals surface area contributed by atoms with Crippen molar-refractivity contribution in [3.8, 4) is 17.0 Å². The number of aryl methyl sites for hydroxylation is 3. The zero-order valence-corrected chi connectivity index (χ0v) is 14.6. The van der Waals surface area contributed by atoms with Crippen molar-refractivity contribution in [1.82, 2.24) is 4.98 Å². The minimum atomic E-state index is 0.814. The SMILES string of the molecule is COc1ccccc1Nc1nc(-c2cc(C)ccc2C)c(C)s1. The van der Waals surface area contributed by atoms with Crippen LogP contribution in [-0.2, 0) is 0 Å². The molecule has 4 heteroatoms. The molecule has 0 radical (unpaired) electrons. The molecule has 23 heavy (non-hydrogen) atoms. The summed E-state index contributed by atoms with van der Waals surface area (Å²) < 4.78 is 5.39. The van der Waals surface area contributed by atoms with E-state index >= 15 is 0 Å². The molecule has 2 aromatic carbocycles. The average molecular weight is 324 g/mol. The second-order valence-electron chi connectivity index (χ2n) is 5.57. The number of benzene rings is 2. The molecule has 3 rings (SSSR count). The summed E-state index contributed by atoms with van der Waals surface area (Å²) in [5.74, 6) is 0.814. The van der Waals surface area contributed by atoms with E-state index < -0.39 is 0 Å². The lowest BCUT2D eigenvalue weighted by Gasteiger charge is -2.08. The van der Waals surface area contributed by atoms with Gasteiger partial charge in [-0.05, 0) is 44.5 Å². The van der Waals surface area contributed by atoms with E-state index in [4.69, 9.17) is 9.72 Å². The predicted octanol–water partition coefficient (Wildman–Crippen LogP) is 5.49. The topological polar surface area (TPSA) is 34.1 Å². The van der Waals surface area contributed by atoms with Gasteiger partial charge < -0.3 is 10.1 Å². The summed E-state index contributed by atoms with van der Waals surface area (Å²) in [5, 5.41) is 4.25. The Hall–Kier alpha value is -2.33. The zero-order valence-electron chi connectivity index (χ0n) is 13.8. The predicted molar refractivity (Wildman–Crippen MR) is 98.0 cm³/mol. The number of methoxy groups -OCH3 is 1. The Labute approximate surface area is 141 Å². The van der Waals surface area contributed by atoms with Gasteiger partial charge in [-0.3, -0.25) is 0 Å². The average Bonchev–Trinajstić information content (AvgIpc) is 2.90. The van der Waals surface area contributed by atoms with E-state index in [1.165, 1.54) is 21.6 Å². The maximum atomic E-state index is 5.39. The zero-order chi connectivity index (χ0) is 16.4. The first-order valence-corrected chi connectivity index (χ1v) is 8.35. The third-order valence-corrected chi connectivity index (χ3v) is 4.68. The first-order chi connectivity index (χ1) is 11.1. The lowest BCUT2D eigenvalue weighted by Crippen LogP contribution is -1.94. The molecule has 118 valence electrons. The van der Waals surface area contributed by atoms with E-state index in [0.717, 1.165) is 22.3 Å². The van der Waals surface area contributed by atoms with E-state index in [0.29, 0.717) is 0 Å². The molecule has 0 aliphatic carbocycles. The Kier molecular flexibility index (Phi) is 4.35. The summed E-state index contributed by atoms with van der Waals surface area (Å²) in [7, 11) is 1.68. The molecule has 0 aliphatic heterocycles. The molecular formula is C19H20N2OS. The molecule has 0 aliphatic rings. The standard InChI is InChI=1S/C19H20N2OS/c1-12-9-10-13(2)15(11-12)18-14(3)23-19(21-18)20-16-7-5-6-8-17(16)22-4/h5-11H,1-4H3,(H,20,21). The lowest BCUT2D eigenvalue weighted by molar-refractivity contribution is 0.417. The Bertz CT molecular complexity index is 839. The Balaban J connectivity index is 1.97. The molecule has 0 saturated heterocycles. The number of hydrogen-bond donors (Lipinski definition) is 1. The van der Waals surface area contributed by atoms with E-state index in [1.54, 1.807) is 18.4 Å². The molecule has 1 aromatic heterocycles. The number of aromatic nitrogens is 1. The van der Waals surface area contributed by atoms with Crippen LogP contribution in [0, 0.1) is 20.8 Å². The van der Waals surface area contributed by atoms with Gasteiger partial charge >= 0.3 is 0 Å². The fraction of sp³-hybridized carbons (Fsp3) is 0.211. The number of nitrogens with zero attached hydrogens (tertiary/aromatic N) is 1. The van der Waals surface area contributed by atoms with Crippen LogP contribution in [0.3, 0.4) is 0 Å². The molecule has 0 unspecified atom stereocenters. The van der Waals surface area contributed by atoms with Gasteiger partial charge in [0.05, 0.1) is 18.5 Å². The van der Waals surface area contributed by atoms with Gasteiger partial charge in [-0.25, -0.2) is 4.98 Å². The second-order valence-corrected chi connectivity index (χ2v) is 6.77. The van der Waals surface area contributed by atoms with Crippen molar-refractivity contribution in [2.45, 2.75) is 20.8 Å². The van der Waals surface area contributed by atoms with Crippen LogP contribution in [0.2, 0.25) is 0 Å². The molecule has 1 heterocycles.